The molecule has 72 valence electrons. The molecule has 6 nitrogen and oxygen atoms in total. The van der Waals surface area contributed by atoms with Gasteiger partial charge in [-0.05, 0) is 6.92 Å². The fraction of sp³-hybridized carbons (Fsp3) is 0.429. The van der Waals surface area contributed by atoms with Gasteiger partial charge in [0.25, 0.3) is 5.56 Å². The van der Waals surface area contributed by atoms with E-state index in [1.807, 2.05) is 4.98 Å². The second-order valence-electron chi connectivity index (χ2n) is 2.65. The third kappa shape index (κ3) is 1.85. The van der Waals surface area contributed by atoms with Crippen LogP contribution in [-0.4, -0.2) is 26.8 Å². The summed E-state index contributed by atoms with van der Waals surface area (Å²) in [4.78, 5) is 26.0. The smallest absolute Gasteiger partial charge is 0.325 e. The molecule has 0 bridgehead atoms. The summed E-state index contributed by atoms with van der Waals surface area (Å²) < 4.78 is 0. The number of nitrogens with one attached hydrogen (secondary N) is 2. The second-order valence-corrected chi connectivity index (χ2v) is 2.65. The third-order valence-electron chi connectivity index (χ3n) is 1.73. The normalized spacial score (nSPS) is 12.8. The maximum atomic E-state index is 11.0. The summed E-state index contributed by atoms with van der Waals surface area (Å²) in [5.41, 5.74) is -1.01. The molecule has 0 aliphatic carbocycles. The Hall–Kier alpha value is -1.40. The van der Waals surface area contributed by atoms with Gasteiger partial charge in [0.15, 0.2) is 0 Å². The van der Waals surface area contributed by atoms with Crippen LogP contribution in [0.5, 0.6) is 0 Å². The zero-order valence-corrected chi connectivity index (χ0v) is 7.00. The number of H-pyrrole nitrogens is 2. The van der Waals surface area contributed by atoms with Crippen molar-refractivity contribution in [2.75, 3.05) is 6.61 Å². The molecule has 1 rings (SSSR count). The van der Waals surface area contributed by atoms with E-state index in [0.717, 1.165) is 0 Å². The zero-order chi connectivity index (χ0) is 10.0. The van der Waals surface area contributed by atoms with Crippen molar-refractivity contribution < 1.29 is 10.2 Å². The quantitative estimate of drug-likeness (QED) is 0.446. The van der Waals surface area contributed by atoms with Gasteiger partial charge in [0, 0.05) is 5.56 Å². The minimum absolute atomic E-state index is 0.0521. The predicted octanol–water partition coefficient (Wildman–Crippen LogP) is -1.60. The molecule has 0 saturated heterocycles. The lowest BCUT2D eigenvalue weighted by Crippen LogP contribution is -2.28. The van der Waals surface area contributed by atoms with E-state index in [2.05, 4.69) is 4.98 Å². The monoisotopic (exact) mass is 186 g/mol. The maximum Gasteiger partial charge on any atom is 0.325 e. The first kappa shape index (κ1) is 9.69. The number of hydrogen-bond acceptors (Lipinski definition) is 4. The van der Waals surface area contributed by atoms with Crippen molar-refractivity contribution >= 4 is 0 Å². The van der Waals surface area contributed by atoms with Gasteiger partial charge in [-0.25, -0.2) is 4.79 Å². The van der Waals surface area contributed by atoms with Crippen LogP contribution in [0.1, 0.15) is 17.4 Å². The van der Waals surface area contributed by atoms with Gasteiger partial charge >= 0.3 is 5.69 Å². The average molecular weight is 186 g/mol. The van der Waals surface area contributed by atoms with Crippen molar-refractivity contribution in [2.45, 2.75) is 13.0 Å². The average Bonchev–Trinajstić information content (AvgIpc) is 2.10. The molecule has 6 heteroatoms. The van der Waals surface area contributed by atoms with Crippen molar-refractivity contribution in [1.29, 1.82) is 0 Å². The Morgan fingerprint density at radius 1 is 1.38 bits per heavy atom. The van der Waals surface area contributed by atoms with Gasteiger partial charge in [-0.15, -0.1) is 0 Å². The van der Waals surface area contributed by atoms with E-state index in [-0.39, 0.29) is 11.3 Å². The molecular formula is C7H10N2O4. The Kier molecular flexibility index (Phi) is 2.64. The summed E-state index contributed by atoms with van der Waals surface area (Å²) in [5, 5.41) is 17.8. The number of aromatic nitrogens is 2. The Morgan fingerprint density at radius 2 is 2.00 bits per heavy atom. The summed E-state index contributed by atoms with van der Waals surface area (Å²) in [5.74, 6) is 0. The molecule has 0 amide bonds. The maximum absolute atomic E-state index is 11.0. The molecule has 0 aliphatic heterocycles. The molecule has 0 aliphatic rings. The van der Waals surface area contributed by atoms with Crippen LogP contribution in [-0.2, 0) is 0 Å². The lowest BCUT2D eigenvalue weighted by molar-refractivity contribution is 0.0912. The second kappa shape index (κ2) is 3.55. The van der Waals surface area contributed by atoms with Crippen LogP contribution in [0, 0.1) is 6.92 Å². The Labute approximate surface area is 72.9 Å². The highest BCUT2D eigenvalue weighted by atomic mass is 16.3. The highest BCUT2D eigenvalue weighted by Crippen LogP contribution is 2.08. The van der Waals surface area contributed by atoms with Crippen molar-refractivity contribution in [3.8, 4) is 0 Å². The molecule has 0 saturated carbocycles. The highest BCUT2D eigenvalue weighted by Gasteiger charge is 2.12. The first-order valence-electron chi connectivity index (χ1n) is 3.68. The first-order valence-corrected chi connectivity index (χ1v) is 3.68. The molecule has 1 aromatic heterocycles. The molecular weight excluding hydrogens is 176 g/mol. The third-order valence-corrected chi connectivity index (χ3v) is 1.73. The van der Waals surface area contributed by atoms with Gasteiger partial charge in [0.1, 0.15) is 6.10 Å². The van der Waals surface area contributed by atoms with Gasteiger partial charge < -0.3 is 15.2 Å². The van der Waals surface area contributed by atoms with Crippen LogP contribution in [0.25, 0.3) is 0 Å². The fourth-order valence-electron chi connectivity index (χ4n) is 0.991. The molecule has 1 heterocycles. The SMILES string of the molecule is Cc1c(C(O)CO)[nH]c(=O)[nH]c1=O. The predicted molar refractivity (Wildman–Crippen MR) is 44.5 cm³/mol. The van der Waals surface area contributed by atoms with E-state index in [4.69, 9.17) is 5.11 Å². The van der Waals surface area contributed by atoms with Crippen LogP contribution >= 0.6 is 0 Å². The van der Waals surface area contributed by atoms with Crippen LogP contribution in [0.4, 0.5) is 0 Å². The Bertz CT molecular complexity index is 406. The number of hydrogen-bond donors (Lipinski definition) is 4. The van der Waals surface area contributed by atoms with E-state index in [0.29, 0.717) is 0 Å². The molecule has 1 unspecified atom stereocenters. The molecule has 0 spiro atoms. The molecule has 13 heavy (non-hydrogen) atoms. The summed E-state index contributed by atoms with van der Waals surface area (Å²) in [6, 6.07) is 0. The number of aromatic amines is 2. The summed E-state index contributed by atoms with van der Waals surface area (Å²) in [6.45, 7) is 0.906. The van der Waals surface area contributed by atoms with Crippen LogP contribution in [0.15, 0.2) is 9.59 Å². The fourth-order valence-corrected chi connectivity index (χ4v) is 0.991. The molecule has 4 N–H and O–H groups in total. The van der Waals surface area contributed by atoms with Gasteiger partial charge in [0.2, 0.25) is 0 Å². The van der Waals surface area contributed by atoms with Gasteiger partial charge in [-0.1, -0.05) is 0 Å². The topological polar surface area (TPSA) is 106 Å². The minimum Gasteiger partial charge on any atom is -0.393 e. The number of rotatable bonds is 2. The highest BCUT2D eigenvalue weighted by molar-refractivity contribution is 5.16. The molecule has 0 radical (unpaired) electrons. The van der Waals surface area contributed by atoms with Crippen molar-refractivity contribution in [1.82, 2.24) is 9.97 Å². The van der Waals surface area contributed by atoms with E-state index in [1.165, 1.54) is 6.92 Å². The summed E-state index contributed by atoms with van der Waals surface area (Å²) in [7, 11) is 0. The zero-order valence-electron chi connectivity index (χ0n) is 7.00. The molecule has 0 aromatic carbocycles. The lowest BCUT2D eigenvalue weighted by Gasteiger charge is -2.08. The van der Waals surface area contributed by atoms with Gasteiger partial charge in [-0.3, -0.25) is 9.78 Å². The number of aliphatic hydroxyl groups is 2. The first-order chi connectivity index (χ1) is 6.06. The Balaban J connectivity index is 3.37. The summed E-state index contributed by atoms with van der Waals surface area (Å²) in [6.07, 6.45) is -1.23. The summed E-state index contributed by atoms with van der Waals surface area (Å²) >= 11 is 0. The van der Waals surface area contributed by atoms with Crippen LogP contribution in [0.3, 0.4) is 0 Å². The minimum atomic E-state index is -1.23. The number of aliphatic hydroxyl groups excluding tert-OH is 2. The van der Waals surface area contributed by atoms with Gasteiger partial charge in [-0.2, -0.15) is 0 Å². The van der Waals surface area contributed by atoms with Gasteiger partial charge in [0.05, 0.1) is 12.3 Å². The lowest BCUT2D eigenvalue weighted by atomic mass is 10.2. The largest absolute Gasteiger partial charge is 0.393 e. The molecule has 1 aromatic rings. The van der Waals surface area contributed by atoms with Crippen molar-refractivity contribution in [3.63, 3.8) is 0 Å². The van der Waals surface area contributed by atoms with Crippen molar-refractivity contribution in [3.05, 3.63) is 32.1 Å². The molecule has 1 atom stereocenters. The molecule has 0 fully saturated rings. The Morgan fingerprint density at radius 3 is 2.54 bits per heavy atom. The van der Waals surface area contributed by atoms with Crippen LogP contribution < -0.4 is 11.2 Å². The van der Waals surface area contributed by atoms with Crippen molar-refractivity contribution in [2.24, 2.45) is 0 Å². The van der Waals surface area contributed by atoms with Crippen LogP contribution in [0.2, 0.25) is 0 Å². The standard InChI is InChI=1S/C7H10N2O4/c1-3-5(4(11)2-10)8-7(13)9-6(3)12/h4,10-11H,2H2,1H3,(H2,8,9,12,13). The van der Waals surface area contributed by atoms with E-state index >= 15 is 0 Å². The van der Waals surface area contributed by atoms with E-state index < -0.39 is 24.0 Å². The van der Waals surface area contributed by atoms with E-state index in [9.17, 15) is 14.7 Å². The van der Waals surface area contributed by atoms with E-state index in [1.54, 1.807) is 0 Å².